The van der Waals surface area contributed by atoms with Crippen LogP contribution in [-0.4, -0.2) is 14.5 Å². The van der Waals surface area contributed by atoms with Gasteiger partial charge >= 0.3 is 0 Å². The quantitative estimate of drug-likeness (QED) is 0.763. The van der Waals surface area contributed by atoms with Crippen molar-refractivity contribution in [1.82, 2.24) is 14.5 Å². The molecule has 3 nitrogen and oxygen atoms in total. The summed E-state index contributed by atoms with van der Waals surface area (Å²) < 4.78 is 2.76. The van der Waals surface area contributed by atoms with E-state index in [2.05, 4.69) is 9.97 Å². The van der Waals surface area contributed by atoms with Gasteiger partial charge in [0, 0.05) is 24.3 Å². The number of hydrogen-bond acceptors (Lipinski definition) is 2. The Morgan fingerprint density at radius 2 is 2.43 bits per heavy atom. The minimum absolute atomic E-state index is 0.756. The Bertz CT molecular complexity index is 470. The molecule has 2 aromatic rings. The smallest absolute Gasteiger partial charge is 0.177 e. The fraction of sp³-hybridized carbons (Fsp3) is 0.200. The molecule has 0 saturated carbocycles. The highest BCUT2D eigenvalue weighted by atomic mass is 32.1. The molecule has 2 rings (SSSR count). The predicted octanol–water partition coefficient (Wildman–Crippen LogP) is 2.30. The van der Waals surface area contributed by atoms with Crippen molar-refractivity contribution in [2.75, 3.05) is 0 Å². The molecule has 0 atom stereocenters. The standard InChI is InChI=1S/C10H11N3S/c1-8-6-13(10(14)12-8)7-9-3-2-4-11-5-9/h2-6H,7H2,1H3,(H,12,14). The molecular weight excluding hydrogens is 194 g/mol. The third kappa shape index (κ3) is 1.90. The Labute approximate surface area is 87.4 Å². The van der Waals surface area contributed by atoms with Crippen molar-refractivity contribution < 1.29 is 0 Å². The van der Waals surface area contributed by atoms with Crippen LogP contribution in [0.5, 0.6) is 0 Å². The fourth-order valence-corrected chi connectivity index (χ4v) is 1.65. The number of aromatic amines is 1. The molecule has 4 heteroatoms. The van der Waals surface area contributed by atoms with Gasteiger partial charge in [-0.15, -0.1) is 0 Å². The summed E-state index contributed by atoms with van der Waals surface area (Å²) in [6.07, 6.45) is 5.63. The monoisotopic (exact) mass is 205 g/mol. The summed E-state index contributed by atoms with van der Waals surface area (Å²) >= 11 is 5.16. The first-order chi connectivity index (χ1) is 6.75. The highest BCUT2D eigenvalue weighted by molar-refractivity contribution is 7.71. The van der Waals surface area contributed by atoms with Gasteiger partial charge in [-0.05, 0) is 30.8 Å². The second-order valence-corrected chi connectivity index (χ2v) is 3.62. The molecule has 2 heterocycles. The second-order valence-electron chi connectivity index (χ2n) is 3.23. The van der Waals surface area contributed by atoms with Gasteiger partial charge in [-0.2, -0.15) is 0 Å². The Balaban J connectivity index is 2.28. The summed E-state index contributed by atoms with van der Waals surface area (Å²) in [4.78, 5) is 7.14. The van der Waals surface area contributed by atoms with Gasteiger partial charge in [0.05, 0.1) is 6.54 Å². The molecule has 0 aliphatic heterocycles. The maximum atomic E-state index is 5.16. The fourth-order valence-electron chi connectivity index (χ4n) is 1.37. The third-order valence-corrected chi connectivity index (χ3v) is 2.33. The van der Waals surface area contributed by atoms with Crippen LogP contribution in [0.1, 0.15) is 11.3 Å². The normalized spacial score (nSPS) is 10.4. The van der Waals surface area contributed by atoms with Crippen molar-refractivity contribution in [1.29, 1.82) is 0 Å². The summed E-state index contributed by atoms with van der Waals surface area (Å²) in [6, 6.07) is 3.97. The highest BCUT2D eigenvalue weighted by Gasteiger charge is 1.97. The van der Waals surface area contributed by atoms with Gasteiger partial charge in [-0.3, -0.25) is 4.98 Å². The molecule has 2 aromatic heterocycles. The molecule has 1 N–H and O–H groups in total. The molecular formula is C10H11N3S. The van der Waals surface area contributed by atoms with Gasteiger partial charge in [0.15, 0.2) is 4.77 Å². The lowest BCUT2D eigenvalue weighted by Crippen LogP contribution is -1.98. The van der Waals surface area contributed by atoms with Gasteiger partial charge in [-0.1, -0.05) is 6.07 Å². The van der Waals surface area contributed by atoms with Crippen molar-refractivity contribution in [2.24, 2.45) is 0 Å². The first-order valence-electron chi connectivity index (χ1n) is 4.40. The van der Waals surface area contributed by atoms with E-state index in [9.17, 15) is 0 Å². The topological polar surface area (TPSA) is 33.6 Å². The molecule has 72 valence electrons. The van der Waals surface area contributed by atoms with Crippen molar-refractivity contribution in [3.63, 3.8) is 0 Å². The predicted molar refractivity (Wildman–Crippen MR) is 57.7 cm³/mol. The molecule has 0 unspecified atom stereocenters. The van der Waals surface area contributed by atoms with E-state index in [1.807, 2.05) is 36.0 Å². The molecule has 0 aliphatic carbocycles. The number of imidazole rings is 1. The van der Waals surface area contributed by atoms with Gasteiger partial charge < -0.3 is 9.55 Å². The van der Waals surface area contributed by atoms with Gasteiger partial charge in [0.2, 0.25) is 0 Å². The second kappa shape index (κ2) is 3.75. The van der Waals surface area contributed by atoms with Crippen LogP contribution < -0.4 is 0 Å². The highest BCUT2D eigenvalue weighted by Crippen LogP contribution is 2.03. The van der Waals surface area contributed by atoms with E-state index in [4.69, 9.17) is 12.2 Å². The first kappa shape index (κ1) is 9.15. The van der Waals surface area contributed by atoms with Crippen LogP contribution >= 0.6 is 12.2 Å². The average molecular weight is 205 g/mol. The number of nitrogens with zero attached hydrogens (tertiary/aromatic N) is 2. The summed E-state index contributed by atoms with van der Waals surface area (Å²) in [7, 11) is 0. The number of rotatable bonds is 2. The molecule has 0 fully saturated rings. The zero-order valence-corrected chi connectivity index (χ0v) is 8.71. The van der Waals surface area contributed by atoms with E-state index in [0.717, 1.165) is 22.6 Å². The molecule has 0 bridgehead atoms. The first-order valence-corrected chi connectivity index (χ1v) is 4.81. The molecule has 0 amide bonds. The Morgan fingerprint density at radius 3 is 3.00 bits per heavy atom. The SMILES string of the molecule is Cc1cn(Cc2cccnc2)c(=S)[nH]1. The Morgan fingerprint density at radius 1 is 1.57 bits per heavy atom. The van der Waals surface area contributed by atoms with E-state index < -0.39 is 0 Å². The number of hydrogen-bond donors (Lipinski definition) is 1. The maximum absolute atomic E-state index is 5.16. The van der Waals surface area contributed by atoms with Crippen LogP contribution in [0.15, 0.2) is 30.7 Å². The average Bonchev–Trinajstić information content (AvgIpc) is 2.47. The number of pyridine rings is 1. The van der Waals surface area contributed by atoms with Gasteiger partial charge in [0.25, 0.3) is 0 Å². The van der Waals surface area contributed by atoms with Crippen molar-refractivity contribution in [2.45, 2.75) is 13.5 Å². The minimum Gasteiger partial charge on any atom is -0.335 e. The van der Waals surface area contributed by atoms with Crippen molar-refractivity contribution in [3.05, 3.63) is 46.8 Å². The Hall–Kier alpha value is -1.42. The van der Waals surface area contributed by atoms with E-state index in [1.54, 1.807) is 6.20 Å². The number of nitrogens with one attached hydrogen (secondary N) is 1. The molecule has 0 spiro atoms. The lowest BCUT2D eigenvalue weighted by atomic mass is 10.3. The van der Waals surface area contributed by atoms with Crippen LogP contribution in [0.2, 0.25) is 0 Å². The molecule has 0 aliphatic rings. The summed E-state index contributed by atoms with van der Waals surface area (Å²) in [5.74, 6) is 0. The largest absolute Gasteiger partial charge is 0.335 e. The van der Waals surface area contributed by atoms with Crippen LogP contribution in [0.4, 0.5) is 0 Å². The lowest BCUT2D eigenvalue weighted by molar-refractivity contribution is 0.780. The third-order valence-electron chi connectivity index (χ3n) is 1.99. The van der Waals surface area contributed by atoms with Crippen LogP contribution in [0.25, 0.3) is 0 Å². The molecule has 0 saturated heterocycles. The zero-order valence-electron chi connectivity index (χ0n) is 7.90. The van der Waals surface area contributed by atoms with Crippen LogP contribution in [0, 0.1) is 11.7 Å². The maximum Gasteiger partial charge on any atom is 0.177 e. The van der Waals surface area contributed by atoms with E-state index >= 15 is 0 Å². The minimum atomic E-state index is 0.756. The van der Waals surface area contributed by atoms with Crippen LogP contribution in [0.3, 0.4) is 0 Å². The van der Waals surface area contributed by atoms with Crippen molar-refractivity contribution in [3.8, 4) is 0 Å². The summed E-state index contributed by atoms with van der Waals surface area (Å²) in [5.41, 5.74) is 2.24. The number of aromatic nitrogens is 3. The van der Waals surface area contributed by atoms with Crippen LogP contribution in [-0.2, 0) is 6.54 Å². The molecule has 0 aromatic carbocycles. The van der Waals surface area contributed by atoms with E-state index in [0.29, 0.717) is 0 Å². The zero-order chi connectivity index (χ0) is 9.97. The van der Waals surface area contributed by atoms with Gasteiger partial charge in [0.1, 0.15) is 0 Å². The number of aryl methyl sites for hydroxylation is 1. The summed E-state index contributed by atoms with van der Waals surface area (Å²) in [6.45, 7) is 2.77. The summed E-state index contributed by atoms with van der Waals surface area (Å²) in [5, 5.41) is 0. The number of H-pyrrole nitrogens is 1. The van der Waals surface area contributed by atoms with E-state index in [1.165, 1.54) is 0 Å². The van der Waals surface area contributed by atoms with Crippen molar-refractivity contribution >= 4 is 12.2 Å². The lowest BCUT2D eigenvalue weighted by Gasteiger charge is -2.00. The Kier molecular flexibility index (Phi) is 2.45. The van der Waals surface area contributed by atoms with E-state index in [-0.39, 0.29) is 0 Å². The van der Waals surface area contributed by atoms with Gasteiger partial charge in [-0.25, -0.2) is 0 Å². The molecule has 0 radical (unpaired) electrons. The molecule has 14 heavy (non-hydrogen) atoms.